The summed E-state index contributed by atoms with van der Waals surface area (Å²) in [4.78, 5) is 29.4. The summed E-state index contributed by atoms with van der Waals surface area (Å²) in [5, 5.41) is 3.11. The van der Waals surface area contributed by atoms with E-state index in [2.05, 4.69) is 24.1 Å². The predicted octanol–water partition coefficient (Wildman–Crippen LogP) is 2.96. The van der Waals surface area contributed by atoms with Gasteiger partial charge in [0.1, 0.15) is 5.76 Å². The maximum Gasteiger partial charge on any atom is 0.225 e. The van der Waals surface area contributed by atoms with Crippen molar-refractivity contribution in [3.05, 3.63) is 24.2 Å². The van der Waals surface area contributed by atoms with Gasteiger partial charge in [0.25, 0.3) is 0 Å². The minimum atomic E-state index is -0.239. The molecule has 2 amide bonds. The van der Waals surface area contributed by atoms with Crippen molar-refractivity contribution >= 4 is 11.8 Å². The lowest BCUT2D eigenvalue weighted by Gasteiger charge is -2.33. The predicted molar refractivity (Wildman–Crippen MR) is 104 cm³/mol. The van der Waals surface area contributed by atoms with Crippen molar-refractivity contribution in [2.75, 3.05) is 26.2 Å². The molecule has 1 aromatic heterocycles. The van der Waals surface area contributed by atoms with E-state index in [1.807, 2.05) is 17.0 Å². The van der Waals surface area contributed by atoms with Crippen molar-refractivity contribution in [3.8, 4) is 0 Å². The van der Waals surface area contributed by atoms with E-state index >= 15 is 0 Å². The van der Waals surface area contributed by atoms with E-state index in [1.54, 1.807) is 6.26 Å². The van der Waals surface area contributed by atoms with Gasteiger partial charge in [-0.3, -0.25) is 14.5 Å². The van der Waals surface area contributed by atoms with Gasteiger partial charge in [0, 0.05) is 25.6 Å². The van der Waals surface area contributed by atoms with Crippen LogP contribution in [0.15, 0.2) is 22.8 Å². The molecule has 0 radical (unpaired) electrons. The Hall–Kier alpha value is -1.82. The minimum absolute atomic E-state index is 0.00892. The van der Waals surface area contributed by atoms with Gasteiger partial charge in [0.2, 0.25) is 11.8 Å². The number of likely N-dealkylation sites (tertiary alicyclic amines) is 2. The van der Waals surface area contributed by atoms with Crippen LogP contribution in [0.5, 0.6) is 0 Å². The van der Waals surface area contributed by atoms with Gasteiger partial charge in [-0.05, 0) is 50.9 Å². The molecule has 2 aliphatic rings. The lowest BCUT2D eigenvalue weighted by atomic mass is 10.1. The molecule has 2 aliphatic heterocycles. The molecule has 2 fully saturated rings. The fraction of sp³-hybridized carbons (Fsp3) is 0.714. The molecule has 0 spiro atoms. The van der Waals surface area contributed by atoms with Crippen LogP contribution in [0.1, 0.15) is 64.2 Å². The Morgan fingerprint density at radius 3 is 2.63 bits per heavy atom. The zero-order valence-electron chi connectivity index (χ0n) is 16.7. The average molecular weight is 376 g/mol. The fourth-order valence-corrected chi connectivity index (χ4v) is 4.45. The van der Waals surface area contributed by atoms with E-state index < -0.39 is 0 Å². The number of hydrogen-bond donors (Lipinski definition) is 1. The van der Waals surface area contributed by atoms with Crippen LogP contribution in [-0.4, -0.2) is 53.8 Å². The van der Waals surface area contributed by atoms with Crippen LogP contribution >= 0.6 is 0 Å². The van der Waals surface area contributed by atoms with Gasteiger partial charge < -0.3 is 14.6 Å². The van der Waals surface area contributed by atoms with Crippen LogP contribution in [0.25, 0.3) is 0 Å². The Balaban J connectivity index is 1.58. The molecule has 3 heterocycles. The quantitative estimate of drug-likeness (QED) is 0.759. The first-order valence-corrected chi connectivity index (χ1v) is 10.5. The standard InChI is InChI=1S/C21H33N3O3/c1-3-17(4-2)24-15-16(13-20(24)25)21(26)22-14-18(19-9-8-12-27-19)23-10-6-5-7-11-23/h8-9,12,16-18H,3-7,10-11,13-15H2,1-2H3,(H,22,26). The molecule has 0 aliphatic carbocycles. The Bertz CT molecular complexity index is 606. The molecule has 2 saturated heterocycles. The number of furan rings is 1. The molecule has 2 atom stereocenters. The summed E-state index contributed by atoms with van der Waals surface area (Å²) in [7, 11) is 0. The van der Waals surface area contributed by atoms with Gasteiger partial charge in [-0.1, -0.05) is 20.3 Å². The molecule has 2 unspecified atom stereocenters. The SMILES string of the molecule is CCC(CC)N1CC(C(=O)NCC(c2ccco2)N2CCCCC2)CC1=O. The van der Waals surface area contributed by atoms with E-state index in [-0.39, 0.29) is 29.8 Å². The molecule has 3 rings (SSSR count). The van der Waals surface area contributed by atoms with Gasteiger partial charge in [0.15, 0.2) is 0 Å². The van der Waals surface area contributed by atoms with E-state index in [9.17, 15) is 9.59 Å². The molecule has 0 bridgehead atoms. The third kappa shape index (κ3) is 4.72. The highest BCUT2D eigenvalue weighted by Crippen LogP contribution is 2.26. The summed E-state index contributed by atoms with van der Waals surface area (Å²) in [5.74, 6) is 0.767. The minimum Gasteiger partial charge on any atom is -0.468 e. The van der Waals surface area contributed by atoms with E-state index in [1.165, 1.54) is 19.3 Å². The molecule has 27 heavy (non-hydrogen) atoms. The van der Waals surface area contributed by atoms with Crippen molar-refractivity contribution < 1.29 is 14.0 Å². The average Bonchev–Trinajstić information content (AvgIpc) is 3.34. The molecule has 0 aromatic carbocycles. The Kier molecular flexibility index (Phi) is 6.94. The van der Waals surface area contributed by atoms with Gasteiger partial charge in [0.05, 0.1) is 18.2 Å². The summed E-state index contributed by atoms with van der Waals surface area (Å²) in [6.45, 7) is 7.34. The highest BCUT2D eigenvalue weighted by molar-refractivity contribution is 5.89. The first kappa shape index (κ1) is 19.9. The number of nitrogens with one attached hydrogen (secondary N) is 1. The highest BCUT2D eigenvalue weighted by Gasteiger charge is 2.37. The van der Waals surface area contributed by atoms with Crippen LogP contribution in [0.3, 0.4) is 0 Å². The third-order valence-corrected chi connectivity index (χ3v) is 6.09. The van der Waals surface area contributed by atoms with Crippen molar-refractivity contribution in [1.82, 2.24) is 15.1 Å². The zero-order chi connectivity index (χ0) is 19.2. The van der Waals surface area contributed by atoms with Crippen LogP contribution in [-0.2, 0) is 9.59 Å². The Labute approximate surface area is 162 Å². The van der Waals surface area contributed by atoms with Crippen molar-refractivity contribution in [2.45, 2.75) is 64.5 Å². The summed E-state index contributed by atoms with van der Waals surface area (Å²) >= 11 is 0. The lowest BCUT2D eigenvalue weighted by molar-refractivity contribution is -0.130. The maximum atomic E-state index is 12.8. The second-order valence-corrected chi connectivity index (χ2v) is 7.79. The van der Waals surface area contributed by atoms with Crippen molar-refractivity contribution in [3.63, 3.8) is 0 Å². The number of rotatable bonds is 8. The van der Waals surface area contributed by atoms with Crippen molar-refractivity contribution in [2.24, 2.45) is 5.92 Å². The van der Waals surface area contributed by atoms with E-state index in [4.69, 9.17) is 4.42 Å². The van der Waals surface area contributed by atoms with Crippen LogP contribution in [0, 0.1) is 5.92 Å². The third-order valence-electron chi connectivity index (χ3n) is 6.09. The molecule has 0 saturated carbocycles. The number of carbonyl (C=O) groups excluding carboxylic acids is 2. The number of hydrogen-bond acceptors (Lipinski definition) is 4. The van der Waals surface area contributed by atoms with Crippen LogP contribution in [0.2, 0.25) is 0 Å². The van der Waals surface area contributed by atoms with Gasteiger partial charge in [-0.15, -0.1) is 0 Å². The smallest absolute Gasteiger partial charge is 0.225 e. The topological polar surface area (TPSA) is 65.8 Å². The number of carbonyl (C=O) groups is 2. The summed E-state index contributed by atoms with van der Waals surface area (Å²) in [5.41, 5.74) is 0. The lowest BCUT2D eigenvalue weighted by Crippen LogP contribution is -2.42. The van der Waals surface area contributed by atoms with Crippen molar-refractivity contribution in [1.29, 1.82) is 0 Å². The van der Waals surface area contributed by atoms with Crippen LogP contribution < -0.4 is 5.32 Å². The number of piperidine rings is 1. The largest absolute Gasteiger partial charge is 0.468 e. The molecule has 150 valence electrons. The Morgan fingerprint density at radius 2 is 2.00 bits per heavy atom. The number of amides is 2. The second kappa shape index (κ2) is 9.40. The normalized spacial score (nSPS) is 22.4. The monoisotopic (exact) mass is 375 g/mol. The first-order chi connectivity index (χ1) is 13.1. The zero-order valence-corrected chi connectivity index (χ0v) is 16.7. The van der Waals surface area contributed by atoms with Gasteiger partial charge in [-0.25, -0.2) is 0 Å². The number of nitrogens with zero attached hydrogens (tertiary/aromatic N) is 2. The molecule has 1 N–H and O–H groups in total. The maximum absolute atomic E-state index is 12.8. The summed E-state index contributed by atoms with van der Waals surface area (Å²) < 4.78 is 5.65. The van der Waals surface area contributed by atoms with E-state index in [0.717, 1.165) is 31.7 Å². The fourth-order valence-electron chi connectivity index (χ4n) is 4.45. The first-order valence-electron chi connectivity index (χ1n) is 10.5. The van der Waals surface area contributed by atoms with Gasteiger partial charge >= 0.3 is 0 Å². The van der Waals surface area contributed by atoms with E-state index in [0.29, 0.717) is 19.5 Å². The van der Waals surface area contributed by atoms with Crippen LogP contribution in [0.4, 0.5) is 0 Å². The molecular formula is C21H33N3O3. The van der Waals surface area contributed by atoms with Gasteiger partial charge in [-0.2, -0.15) is 0 Å². The molecule has 1 aromatic rings. The second-order valence-electron chi connectivity index (χ2n) is 7.79. The summed E-state index contributed by atoms with van der Waals surface area (Å²) in [6.07, 6.45) is 7.54. The Morgan fingerprint density at radius 1 is 1.26 bits per heavy atom. The highest BCUT2D eigenvalue weighted by atomic mass is 16.3. The summed E-state index contributed by atoms with van der Waals surface area (Å²) in [6, 6.07) is 4.20. The molecular weight excluding hydrogens is 342 g/mol. The molecule has 6 nitrogen and oxygen atoms in total. The molecule has 6 heteroatoms.